The molecule has 0 bridgehead atoms. The first-order chi connectivity index (χ1) is 12.0. The number of methoxy groups -OCH3 is 2. The molecule has 0 fully saturated rings. The molecule has 25 heavy (non-hydrogen) atoms. The Morgan fingerprint density at radius 1 is 1.24 bits per heavy atom. The molecule has 0 radical (unpaired) electrons. The third-order valence-electron chi connectivity index (χ3n) is 3.41. The number of carbonyl (C=O) groups excluding carboxylic acids is 1. The van der Waals surface area contributed by atoms with E-state index in [-0.39, 0.29) is 11.7 Å². The normalized spacial score (nSPS) is 10.8. The van der Waals surface area contributed by atoms with Gasteiger partial charge in [0.25, 0.3) is 5.22 Å². The Labute approximate surface area is 151 Å². The fourth-order valence-electron chi connectivity index (χ4n) is 2.03. The number of nitrogens with zero attached hydrogens (tertiary/aromatic N) is 2. The highest BCUT2D eigenvalue weighted by Crippen LogP contribution is 2.32. The monoisotopic (exact) mass is 365 g/mol. The number of benzene rings is 1. The average Bonchev–Trinajstić information content (AvgIpc) is 3.08. The average molecular weight is 365 g/mol. The van der Waals surface area contributed by atoms with Gasteiger partial charge < -0.3 is 19.2 Å². The lowest BCUT2D eigenvalue weighted by Crippen LogP contribution is -2.26. The van der Waals surface area contributed by atoms with E-state index in [9.17, 15) is 4.79 Å². The summed E-state index contributed by atoms with van der Waals surface area (Å²) in [5.74, 6) is 2.33. The SMILES string of the molecule is COc1ccc(-c2nnc(SCC(=O)NCCC(C)C)o2)cc1OC. The van der Waals surface area contributed by atoms with Crippen LogP contribution >= 0.6 is 11.8 Å². The van der Waals surface area contributed by atoms with E-state index in [1.54, 1.807) is 26.4 Å². The summed E-state index contributed by atoms with van der Waals surface area (Å²) in [6, 6.07) is 5.34. The molecule has 1 heterocycles. The van der Waals surface area contributed by atoms with Gasteiger partial charge in [-0.2, -0.15) is 0 Å². The van der Waals surface area contributed by atoms with E-state index in [1.165, 1.54) is 11.8 Å². The molecule has 2 rings (SSSR count). The lowest BCUT2D eigenvalue weighted by atomic mass is 10.1. The number of carbonyl (C=O) groups is 1. The van der Waals surface area contributed by atoms with Crippen molar-refractivity contribution in [2.45, 2.75) is 25.5 Å². The number of hydrogen-bond acceptors (Lipinski definition) is 7. The lowest BCUT2D eigenvalue weighted by Gasteiger charge is -2.07. The summed E-state index contributed by atoms with van der Waals surface area (Å²) >= 11 is 1.21. The van der Waals surface area contributed by atoms with Gasteiger partial charge in [0.2, 0.25) is 11.8 Å². The van der Waals surface area contributed by atoms with E-state index in [4.69, 9.17) is 13.9 Å². The van der Waals surface area contributed by atoms with E-state index in [1.807, 2.05) is 6.07 Å². The third kappa shape index (κ3) is 5.67. The van der Waals surface area contributed by atoms with Crippen molar-refractivity contribution in [3.63, 3.8) is 0 Å². The molecule has 1 N–H and O–H groups in total. The van der Waals surface area contributed by atoms with Crippen LogP contribution < -0.4 is 14.8 Å². The topological polar surface area (TPSA) is 86.5 Å². The minimum atomic E-state index is -0.0449. The second-order valence-electron chi connectivity index (χ2n) is 5.76. The van der Waals surface area contributed by atoms with Gasteiger partial charge in [0, 0.05) is 12.1 Å². The molecule has 1 aromatic carbocycles. The predicted molar refractivity (Wildman–Crippen MR) is 96.0 cm³/mol. The number of nitrogens with one attached hydrogen (secondary N) is 1. The van der Waals surface area contributed by atoms with Crippen molar-refractivity contribution >= 4 is 17.7 Å². The fraction of sp³-hybridized carbons (Fsp3) is 0.471. The van der Waals surface area contributed by atoms with Gasteiger partial charge in [0.1, 0.15) is 0 Å². The zero-order chi connectivity index (χ0) is 18.2. The van der Waals surface area contributed by atoms with Gasteiger partial charge in [-0.25, -0.2) is 0 Å². The molecule has 8 heteroatoms. The van der Waals surface area contributed by atoms with Crippen LogP contribution in [0.3, 0.4) is 0 Å². The molecule has 0 atom stereocenters. The van der Waals surface area contributed by atoms with Gasteiger partial charge in [-0.1, -0.05) is 25.6 Å². The molecule has 0 spiro atoms. The maximum atomic E-state index is 11.8. The second-order valence-corrected chi connectivity index (χ2v) is 6.69. The molecule has 0 aliphatic heterocycles. The molecule has 2 aromatic rings. The number of ether oxygens (including phenoxy) is 2. The Hall–Kier alpha value is -2.22. The zero-order valence-corrected chi connectivity index (χ0v) is 15.7. The fourth-order valence-corrected chi connectivity index (χ4v) is 2.63. The standard InChI is InChI=1S/C17H23N3O4S/c1-11(2)7-8-18-15(21)10-25-17-20-19-16(24-17)12-5-6-13(22-3)14(9-12)23-4/h5-6,9,11H,7-8,10H2,1-4H3,(H,18,21). The highest BCUT2D eigenvalue weighted by Gasteiger charge is 2.13. The molecule has 0 saturated heterocycles. The van der Waals surface area contributed by atoms with Crippen LogP contribution in [0.5, 0.6) is 11.5 Å². The van der Waals surface area contributed by atoms with E-state index < -0.39 is 0 Å². The Morgan fingerprint density at radius 3 is 2.68 bits per heavy atom. The van der Waals surface area contributed by atoms with Gasteiger partial charge in [-0.3, -0.25) is 4.79 Å². The first kappa shape index (κ1) is 19.1. The Morgan fingerprint density at radius 2 is 2.00 bits per heavy atom. The number of hydrogen-bond donors (Lipinski definition) is 1. The van der Waals surface area contributed by atoms with Crippen molar-refractivity contribution in [1.29, 1.82) is 0 Å². The molecular weight excluding hydrogens is 342 g/mol. The largest absolute Gasteiger partial charge is 0.493 e. The summed E-state index contributed by atoms with van der Waals surface area (Å²) in [5.41, 5.74) is 0.721. The van der Waals surface area contributed by atoms with Gasteiger partial charge in [-0.15, -0.1) is 10.2 Å². The van der Waals surface area contributed by atoms with Crippen LogP contribution in [0.15, 0.2) is 27.8 Å². The van der Waals surface area contributed by atoms with E-state index in [0.29, 0.717) is 35.1 Å². The highest BCUT2D eigenvalue weighted by atomic mass is 32.2. The van der Waals surface area contributed by atoms with Gasteiger partial charge in [0.15, 0.2) is 11.5 Å². The number of thioether (sulfide) groups is 1. The second kappa shape index (κ2) is 9.31. The predicted octanol–water partition coefficient (Wildman–Crippen LogP) is 3.01. The maximum absolute atomic E-state index is 11.8. The van der Waals surface area contributed by atoms with Crippen LogP contribution in [0.25, 0.3) is 11.5 Å². The molecule has 136 valence electrons. The number of rotatable bonds is 9. The van der Waals surface area contributed by atoms with Gasteiger partial charge in [-0.05, 0) is 30.5 Å². The quantitative estimate of drug-likeness (QED) is 0.684. The van der Waals surface area contributed by atoms with Crippen LogP contribution in [0.4, 0.5) is 0 Å². The lowest BCUT2D eigenvalue weighted by molar-refractivity contribution is -0.118. The zero-order valence-electron chi connectivity index (χ0n) is 14.9. The minimum Gasteiger partial charge on any atom is -0.493 e. The summed E-state index contributed by atoms with van der Waals surface area (Å²) in [6.45, 7) is 4.92. The molecular formula is C17H23N3O4S. The van der Waals surface area contributed by atoms with Crippen molar-refractivity contribution in [2.24, 2.45) is 5.92 Å². The van der Waals surface area contributed by atoms with Crippen molar-refractivity contribution in [1.82, 2.24) is 15.5 Å². The summed E-state index contributed by atoms with van der Waals surface area (Å²) in [5, 5.41) is 11.2. The summed E-state index contributed by atoms with van der Waals surface area (Å²) in [7, 11) is 3.14. The molecule has 0 unspecified atom stereocenters. The molecule has 0 saturated carbocycles. The van der Waals surface area contributed by atoms with Crippen molar-refractivity contribution in [2.75, 3.05) is 26.5 Å². The minimum absolute atomic E-state index is 0.0449. The Kier molecular flexibility index (Phi) is 7.12. The molecule has 7 nitrogen and oxygen atoms in total. The number of aromatic nitrogens is 2. The molecule has 1 aromatic heterocycles. The summed E-state index contributed by atoms with van der Waals surface area (Å²) in [6.07, 6.45) is 0.959. The van der Waals surface area contributed by atoms with Crippen LogP contribution in [0, 0.1) is 5.92 Å². The first-order valence-corrected chi connectivity index (χ1v) is 8.97. The van der Waals surface area contributed by atoms with Crippen molar-refractivity contribution in [3.8, 4) is 23.0 Å². The maximum Gasteiger partial charge on any atom is 0.277 e. The molecule has 0 aliphatic carbocycles. The smallest absolute Gasteiger partial charge is 0.277 e. The van der Waals surface area contributed by atoms with Crippen LogP contribution in [-0.4, -0.2) is 42.6 Å². The molecule has 0 aliphatic rings. The third-order valence-corrected chi connectivity index (χ3v) is 4.23. The van der Waals surface area contributed by atoms with Crippen molar-refractivity contribution in [3.05, 3.63) is 18.2 Å². The Balaban J connectivity index is 1.93. The van der Waals surface area contributed by atoms with E-state index in [2.05, 4.69) is 29.4 Å². The number of amides is 1. The van der Waals surface area contributed by atoms with Crippen LogP contribution in [-0.2, 0) is 4.79 Å². The summed E-state index contributed by atoms with van der Waals surface area (Å²) < 4.78 is 16.1. The van der Waals surface area contributed by atoms with E-state index >= 15 is 0 Å². The van der Waals surface area contributed by atoms with Gasteiger partial charge >= 0.3 is 0 Å². The molecule has 1 amide bonds. The first-order valence-electron chi connectivity index (χ1n) is 7.99. The van der Waals surface area contributed by atoms with E-state index in [0.717, 1.165) is 12.0 Å². The van der Waals surface area contributed by atoms with Gasteiger partial charge in [0.05, 0.1) is 20.0 Å². The Bertz CT molecular complexity index is 703. The van der Waals surface area contributed by atoms with Crippen LogP contribution in [0.2, 0.25) is 0 Å². The highest BCUT2D eigenvalue weighted by molar-refractivity contribution is 7.99. The van der Waals surface area contributed by atoms with Crippen molar-refractivity contribution < 1.29 is 18.7 Å². The van der Waals surface area contributed by atoms with Crippen LogP contribution in [0.1, 0.15) is 20.3 Å². The summed E-state index contributed by atoms with van der Waals surface area (Å²) in [4.78, 5) is 11.8.